The summed E-state index contributed by atoms with van der Waals surface area (Å²) < 4.78 is 39.0. The first-order valence-electron chi connectivity index (χ1n) is 13.4. The molecular formula is C31H29BrF2N4O2S. The maximum Gasteiger partial charge on any atom is 0.377 e. The number of nitrogens with one attached hydrogen (secondary N) is 1. The predicted molar refractivity (Wildman–Crippen MR) is 159 cm³/mol. The Hall–Kier alpha value is -3.26. The minimum atomic E-state index is -3.80. The number of thioether (sulfide) groups is 1. The average molecular weight is 640 g/mol. The Bertz CT molecular complexity index is 1590. The van der Waals surface area contributed by atoms with Gasteiger partial charge in [-0.15, -0.1) is 0 Å². The van der Waals surface area contributed by atoms with Crippen molar-refractivity contribution in [2.75, 3.05) is 6.61 Å². The molecule has 1 aliphatic rings. The Morgan fingerprint density at radius 1 is 1.20 bits per heavy atom. The molecule has 1 fully saturated rings. The molecule has 1 aliphatic carbocycles. The van der Waals surface area contributed by atoms with Crippen molar-refractivity contribution in [3.05, 3.63) is 88.7 Å². The van der Waals surface area contributed by atoms with E-state index in [2.05, 4.69) is 32.3 Å². The summed E-state index contributed by atoms with van der Waals surface area (Å²) in [6, 6.07) is 21.9. The lowest BCUT2D eigenvalue weighted by atomic mass is 9.67. The number of aromatic nitrogens is 2. The maximum absolute atomic E-state index is 15.6. The van der Waals surface area contributed by atoms with Crippen LogP contribution in [0, 0.1) is 23.2 Å². The number of hydrogen-bond acceptors (Lipinski definition) is 5. The van der Waals surface area contributed by atoms with Gasteiger partial charge in [-0.25, -0.2) is 4.98 Å². The molecule has 0 radical (unpaired) electrons. The molecular weight excluding hydrogens is 610 g/mol. The van der Waals surface area contributed by atoms with Gasteiger partial charge in [0.05, 0.1) is 29.6 Å². The van der Waals surface area contributed by atoms with E-state index < -0.39 is 17.2 Å². The molecule has 4 aromatic rings. The summed E-state index contributed by atoms with van der Waals surface area (Å²) in [5, 5.41) is 9.75. The summed E-state index contributed by atoms with van der Waals surface area (Å²) in [7, 11) is 0. The van der Waals surface area contributed by atoms with Gasteiger partial charge in [0.25, 0.3) is 0 Å². The topological polar surface area (TPSA) is 79.9 Å². The number of ether oxygens (including phenoxy) is 1. The highest BCUT2D eigenvalue weighted by atomic mass is 79.9. The number of carbonyl (C=O) groups is 1. The van der Waals surface area contributed by atoms with Gasteiger partial charge in [-0.1, -0.05) is 61.5 Å². The highest BCUT2D eigenvalue weighted by Crippen LogP contribution is 2.42. The number of imidazole rings is 1. The van der Waals surface area contributed by atoms with E-state index >= 15 is 8.78 Å². The first-order chi connectivity index (χ1) is 19.7. The number of hydrogen-bond donors (Lipinski definition) is 1. The maximum atomic E-state index is 15.6. The average Bonchev–Trinajstić information content (AvgIpc) is 3.32. The largest absolute Gasteiger partial charge is 0.378 e. The molecule has 0 saturated heterocycles. The summed E-state index contributed by atoms with van der Waals surface area (Å²) in [6.07, 6.45) is 2.63. The Labute approximate surface area is 250 Å². The first kappa shape index (κ1) is 29.2. The van der Waals surface area contributed by atoms with E-state index in [1.54, 1.807) is 12.1 Å². The van der Waals surface area contributed by atoms with Gasteiger partial charge in [-0.3, -0.25) is 9.36 Å². The summed E-state index contributed by atoms with van der Waals surface area (Å²) >= 11 is 3.52. The van der Waals surface area contributed by atoms with Crippen molar-refractivity contribution in [2.45, 2.75) is 49.2 Å². The molecule has 1 saturated carbocycles. The molecule has 1 heterocycles. The number of fused-ring (bicyclic) bond motifs is 1. The minimum Gasteiger partial charge on any atom is -0.378 e. The number of carbonyl (C=O) groups excluding carboxylic acids is 1. The number of nitrogens with zero attached hydrogens (tertiary/aromatic N) is 3. The van der Waals surface area contributed by atoms with Crippen molar-refractivity contribution in [3.63, 3.8) is 0 Å². The second-order valence-corrected chi connectivity index (χ2v) is 12.0. The van der Waals surface area contributed by atoms with Crippen molar-refractivity contribution in [1.29, 1.82) is 5.26 Å². The van der Waals surface area contributed by atoms with E-state index in [1.807, 2.05) is 68.4 Å². The zero-order chi connectivity index (χ0) is 29.1. The van der Waals surface area contributed by atoms with Crippen LogP contribution in [0.5, 0.6) is 0 Å². The van der Waals surface area contributed by atoms with E-state index in [0.717, 1.165) is 5.56 Å². The third-order valence-electron chi connectivity index (χ3n) is 7.71. The molecule has 0 aliphatic heterocycles. The zero-order valence-electron chi connectivity index (χ0n) is 22.6. The molecule has 1 aromatic heterocycles. The van der Waals surface area contributed by atoms with E-state index in [9.17, 15) is 10.1 Å². The molecule has 4 unspecified atom stereocenters. The lowest BCUT2D eigenvalue weighted by Crippen LogP contribution is -2.56. The Morgan fingerprint density at radius 3 is 2.59 bits per heavy atom. The van der Waals surface area contributed by atoms with Gasteiger partial charge in [-0.05, 0) is 77.0 Å². The van der Waals surface area contributed by atoms with Crippen LogP contribution < -0.4 is 5.32 Å². The number of rotatable bonds is 10. The first-order valence-corrected chi connectivity index (χ1v) is 15.0. The molecule has 0 bridgehead atoms. The quantitative estimate of drug-likeness (QED) is 0.187. The zero-order valence-corrected chi connectivity index (χ0v) is 25.0. The van der Waals surface area contributed by atoms with Crippen LogP contribution in [0.3, 0.4) is 0 Å². The van der Waals surface area contributed by atoms with Gasteiger partial charge in [0.2, 0.25) is 0 Å². The number of nitriles is 1. The van der Waals surface area contributed by atoms with Crippen LogP contribution in [-0.2, 0) is 16.0 Å². The van der Waals surface area contributed by atoms with E-state index in [-0.39, 0.29) is 34.9 Å². The standard InChI is InChI=1S/C31H29BrF2N4O2S/c1-3-40-27-16-24(19(27)2)25(15-20-9-5-4-6-10-20)37-29(39)31(33,34)41-30-36-18-28(32)38(30)26-14-13-21(17-35)22-11-7-8-12-23(22)26/h4-14,18-19,24-25,27H,3,15-16H2,1-2H3,(H,37,39). The van der Waals surface area contributed by atoms with Crippen LogP contribution in [-0.4, -0.2) is 39.5 Å². The third kappa shape index (κ3) is 6.03. The number of halogens is 3. The smallest absolute Gasteiger partial charge is 0.377 e. The minimum absolute atomic E-state index is 0.0117. The van der Waals surface area contributed by atoms with Crippen molar-refractivity contribution in [2.24, 2.45) is 11.8 Å². The lowest BCUT2D eigenvalue weighted by Gasteiger charge is -2.46. The summed E-state index contributed by atoms with van der Waals surface area (Å²) in [6.45, 7) is 4.56. The van der Waals surface area contributed by atoms with Crippen molar-refractivity contribution in [1.82, 2.24) is 14.9 Å². The third-order valence-corrected chi connectivity index (χ3v) is 9.18. The van der Waals surface area contributed by atoms with Crippen LogP contribution in [0.2, 0.25) is 0 Å². The highest BCUT2D eigenvalue weighted by molar-refractivity contribution is 9.10. The number of alkyl halides is 2. The summed E-state index contributed by atoms with van der Waals surface area (Å²) in [5.74, 6) is -1.21. The van der Waals surface area contributed by atoms with E-state index in [1.165, 1.54) is 10.8 Å². The van der Waals surface area contributed by atoms with Gasteiger partial charge in [-0.2, -0.15) is 14.0 Å². The monoisotopic (exact) mass is 638 g/mol. The van der Waals surface area contributed by atoms with Crippen LogP contribution in [0.4, 0.5) is 8.78 Å². The fraction of sp³-hybridized carbons (Fsp3) is 0.323. The predicted octanol–water partition coefficient (Wildman–Crippen LogP) is 7.13. The molecule has 41 heavy (non-hydrogen) atoms. The van der Waals surface area contributed by atoms with Gasteiger partial charge in [0.15, 0.2) is 5.16 Å². The SMILES string of the molecule is CCOC1CC(C(Cc2ccccc2)NC(=O)C(F)(F)Sc2ncc(Br)n2-c2ccc(C#N)c3ccccc23)C1C. The molecule has 1 amide bonds. The molecule has 10 heteroatoms. The Kier molecular flexibility index (Phi) is 8.78. The van der Waals surface area contributed by atoms with Crippen molar-refractivity contribution in [3.8, 4) is 11.8 Å². The fourth-order valence-corrected chi connectivity index (χ4v) is 6.87. The van der Waals surface area contributed by atoms with E-state index in [0.29, 0.717) is 46.1 Å². The molecule has 3 aromatic carbocycles. The molecule has 212 valence electrons. The van der Waals surface area contributed by atoms with Crippen LogP contribution in [0.25, 0.3) is 16.5 Å². The van der Waals surface area contributed by atoms with Crippen molar-refractivity contribution >= 4 is 44.4 Å². The van der Waals surface area contributed by atoms with Gasteiger partial charge < -0.3 is 10.1 Å². The molecule has 0 spiro atoms. The van der Waals surface area contributed by atoms with E-state index in [4.69, 9.17) is 4.74 Å². The second kappa shape index (κ2) is 12.3. The summed E-state index contributed by atoms with van der Waals surface area (Å²) in [4.78, 5) is 17.4. The molecule has 4 atom stereocenters. The Morgan fingerprint density at radius 2 is 1.90 bits per heavy atom. The van der Waals surface area contributed by atoms with Gasteiger partial charge in [0, 0.05) is 23.4 Å². The number of benzene rings is 3. The Balaban J connectivity index is 1.40. The molecule has 6 nitrogen and oxygen atoms in total. The van der Waals surface area contributed by atoms with Crippen LogP contribution >= 0.6 is 27.7 Å². The highest BCUT2D eigenvalue weighted by Gasteiger charge is 2.47. The van der Waals surface area contributed by atoms with Crippen molar-refractivity contribution < 1.29 is 18.3 Å². The molecule has 5 rings (SSSR count). The fourth-order valence-electron chi connectivity index (χ4n) is 5.51. The summed E-state index contributed by atoms with van der Waals surface area (Å²) in [5.41, 5.74) is 2.00. The van der Waals surface area contributed by atoms with Crippen LogP contribution in [0.1, 0.15) is 31.4 Å². The number of amides is 1. The molecule has 1 N–H and O–H groups in total. The van der Waals surface area contributed by atoms with Gasteiger partial charge in [0.1, 0.15) is 4.60 Å². The van der Waals surface area contributed by atoms with Crippen LogP contribution in [0.15, 0.2) is 82.7 Å². The lowest BCUT2D eigenvalue weighted by molar-refractivity contribution is -0.138. The second-order valence-electron chi connectivity index (χ2n) is 10.1. The van der Waals surface area contributed by atoms with Gasteiger partial charge >= 0.3 is 11.2 Å². The normalized spacial score (nSPS) is 19.4.